The molecule has 6 heteroatoms. The smallest absolute Gasteiger partial charge is 0.191 e. The SMILES string of the molecule is CCN(CC)c1ccc(CNC(=NC)NCCC2=CCCCC2)cn1.I. The molecule has 0 bridgehead atoms. The van der Waals surface area contributed by atoms with Gasteiger partial charge in [0.25, 0.3) is 0 Å². The van der Waals surface area contributed by atoms with Crippen molar-refractivity contribution in [3.8, 4) is 0 Å². The average Bonchev–Trinajstić information content (AvgIpc) is 2.67. The van der Waals surface area contributed by atoms with Gasteiger partial charge in [0, 0.05) is 39.4 Å². The molecular formula is C20H34IN5. The minimum Gasteiger partial charge on any atom is -0.357 e. The second kappa shape index (κ2) is 12.9. The van der Waals surface area contributed by atoms with E-state index < -0.39 is 0 Å². The maximum atomic E-state index is 4.57. The highest BCUT2D eigenvalue weighted by molar-refractivity contribution is 14.0. The Morgan fingerprint density at radius 1 is 1.19 bits per heavy atom. The highest BCUT2D eigenvalue weighted by Crippen LogP contribution is 2.19. The van der Waals surface area contributed by atoms with Crippen LogP contribution in [0.25, 0.3) is 0 Å². The van der Waals surface area contributed by atoms with E-state index in [0.29, 0.717) is 0 Å². The molecule has 0 aliphatic heterocycles. The first-order chi connectivity index (χ1) is 12.3. The molecule has 26 heavy (non-hydrogen) atoms. The van der Waals surface area contributed by atoms with E-state index in [9.17, 15) is 0 Å². The first kappa shape index (κ1) is 22.7. The fourth-order valence-corrected chi connectivity index (χ4v) is 3.14. The Morgan fingerprint density at radius 3 is 2.58 bits per heavy atom. The summed E-state index contributed by atoms with van der Waals surface area (Å²) in [7, 11) is 1.82. The van der Waals surface area contributed by atoms with Gasteiger partial charge in [-0.25, -0.2) is 4.98 Å². The van der Waals surface area contributed by atoms with Crippen molar-refractivity contribution in [2.75, 3.05) is 31.6 Å². The van der Waals surface area contributed by atoms with Crippen LogP contribution in [0.4, 0.5) is 5.82 Å². The Balaban J connectivity index is 0.00000338. The van der Waals surface area contributed by atoms with Crippen molar-refractivity contribution in [3.05, 3.63) is 35.5 Å². The van der Waals surface area contributed by atoms with Gasteiger partial charge >= 0.3 is 0 Å². The lowest BCUT2D eigenvalue weighted by molar-refractivity contribution is 0.665. The van der Waals surface area contributed by atoms with Crippen LogP contribution in [0, 0.1) is 0 Å². The fourth-order valence-electron chi connectivity index (χ4n) is 3.14. The fraction of sp³-hybridized carbons (Fsp3) is 0.600. The normalized spacial score (nSPS) is 14.3. The number of anilines is 1. The lowest BCUT2D eigenvalue weighted by atomic mass is 9.97. The van der Waals surface area contributed by atoms with E-state index in [-0.39, 0.29) is 24.0 Å². The van der Waals surface area contributed by atoms with Gasteiger partial charge in [0.05, 0.1) is 0 Å². The van der Waals surface area contributed by atoms with Gasteiger partial charge in [-0.2, -0.15) is 0 Å². The largest absolute Gasteiger partial charge is 0.357 e. The number of nitrogens with zero attached hydrogens (tertiary/aromatic N) is 3. The van der Waals surface area contributed by atoms with Crippen LogP contribution in [0.3, 0.4) is 0 Å². The van der Waals surface area contributed by atoms with E-state index in [1.165, 1.54) is 25.7 Å². The van der Waals surface area contributed by atoms with Gasteiger partial charge in [-0.15, -0.1) is 24.0 Å². The number of nitrogens with one attached hydrogen (secondary N) is 2. The Hall–Kier alpha value is -1.31. The number of guanidine groups is 1. The van der Waals surface area contributed by atoms with Crippen LogP contribution in [-0.2, 0) is 6.54 Å². The molecule has 1 aliphatic rings. The second-order valence-corrected chi connectivity index (χ2v) is 6.41. The maximum absolute atomic E-state index is 4.57. The predicted molar refractivity (Wildman–Crippen MR) is 123 cm³/mol. The number of hydrogen-bond donors (Lipinski definition) is 2. The van der Waals surface area contributed by atoms with Crippen molar-refractivity contribution in [2.45, 2.75) is 52.5 Å². The summed E-state index contributed by atoms with van der Waals surface area (Å²) in [4.78, 5) is 11.1. The molecule has 2 N–H and O–H groups in total. The van der Waals surface area contributed by atoms with Gasteiger partial charge < -0.3 is 15.5 Å². The van der Waals surface area contributed by atoms with Crippen LogP contribution in [0.15, 0.2) is 35.0 Å². The molecule has 2 rings (SSSR count). The quantitative estimate of drug-likeness (QED) is 0.260. The van der Waals surface area contributed by atoms with E-state index in [1.807, 2.05) is 13.2 Å². The minimum absolute atomic E-state index is 0. The van der Waals surface area contributed by atoms with Crippen molar-refractivity contribution >= 4 is 35.8 Å². The molecule has 1 aliphatic carbocycles. The van der Waals surface area contributed by atoms with Gasteiger partial charge in [-0.3, -0.25) is 4.99 Å². The van der Waals surface area contributed by atoms with E-state index >= 15 is 0 Å². The molecule has 0 saturated heterocycles. The zero-order chi connectivity index (χ0) is 17.9. The lowest BCUT2D eigenvalue weighted by Crippen LogP contribution is -2.37. The number of aromatic nitrogens is 1. The van der Waals surface area contributed by atoms with Crippen molar-refractivity contribution in [1.29, 1.82) is 0 Å². The monoisotopic (exact) mass is 471 g/mol. The number of halogens is 1. The number of rotatable bonds is 8. The van der Waals surface area contributed by atoms with Gasteiger partial charge in [0.1, 0.15) is 5.82 Å². The summed E-state index contributed by atoms with van der Waals surface area (Å²) in [6, 6.07) is 4.23. The van der Waals surface area contributed by atoms with Crippen LogP contribution in [-0.4, -0.2) is 37.6 Å². The molecular weight excluding hydrogens is 437 g/mol. The molecule has 0 atom stereocenters. The zero-order valence-corrected chi connectivity index (χ0v) is 18.8. The molecule has 0 spiro atoms. The van der Waals surface area contributed by atoms with E-state index in [4.69, 9.17) is 0 Å². The summed E-state index contributed by atoms with van der Waals surface area (Å²) in [6.07, 6.45) is 10.7. The van der Waals surface area contributed by atoms with Crippen LogP contribution < -0.4 is 15.5 Å². The zero-order valence-electron chi connectivity index (χ0n) is 16.4. The summed E-state index contributed by atoms with van der Waals surface area (Å²) in [5, 5.41) is 6.77. The average molecular weight is 471 g/mol. The van der Waals surface area contributed by atoms with Crippen LogP contribution in [0.2, 0.25) is 0 Å². The third-order valence-corrected chi connectivity index (χ3v) is 4.70. The number of hydrogen-bond acceptors (Lipinski definition) is 3. The summed E-state index contributed by atoms with van der Waals surface area (Å²) < 4.78 is 0. The van der Waals surface area contributed by atoms with Gasteiger partial charge in [-0.1, -0.05) is 17.7 Å². The summed E-state index contributed by atoms with van der Waals surface area (Å²) >= 11 is 0. The summed E-state index contributed by atoms with van der Waals surface area (Å²) in [5.41, 5.74) is 2.75. The van der Waals surface area contributed by atoms with E-state index in [2.05, 4.69) is 57.6 Å². The standard InChI is InChI=1S/C20H33N5.HI/c1-4-25(5-2)19-12-11-18(15-23-19)16-24-20(21-3)22-14-13-17-9-7-6-8-10-17;/h9,11-12,15H,4-8,10,13-14,16H2,1-3H3,(H2,21,22,24);1H. The molecule has 0 fully saturated rings. The molecule has 0 amide bonds. The topological polar surface area (TPSA) is 52.5 Å². The third kappa shape index (κ3) is 7.51. The van der Waals surface area contributed by atoms with Crippen molar-refractivity contribution < 1.29 is 0 Å². The maximum Gasteiger partial charge on any atom is 0.191 e. The van der Waals surface area contributed by atoms with Crippen molar-refractivity contribution in [1.82, 2.24) is 15.6 Å². The Bertz CT molecular complexity index is 564. The molecule has 0 radical (unpaired) electrons. The van der Waals surface area contributed by atoms with Crippen LogP contribution in [0.1, 0.15) is 51.5 Å². The molecule has 1 aromatic heterocycles. The molecule has 5 nitrogen and oxygen atoms in total. The molecule has 1 aromatic rings. The Labute approximate surface area is 175 Å². The number of pyridine rings is 1. The predicted octanol–water partition coefficient (Wildman–Crippen LogP) is 4.10. The van der Waals surface area contributed by atoms with E-state index in [1.54, 1.807) is 5.57 Å². The Morgan fingerprint density at radius 2 is 2.00 bits per heavy atom. The minimum atomic E-state index is 0. The number of allylic oxidation sites excluding steroid dienone is 1. The van der Waals surface area contributed by atoms with Crippen LogP contribution >= 0.6 is 24.0 Å². The molecule has 0 aromatic carbocycles. The molecule has 0 saturated carbocycles. The summed E-state index contributed by atoms with van der Waals surface area (Å²) in [5.74, 6) is 1.89. The second-order valence-electron chi connectivity index (χ2n) is 6.41. The Kier molecular flexibility index (Phi) is 11.3. The third-order valence-electron chi connectivity index (χ3n) is 4.70. The van der Waals surface area contributed by atoms with Gasteiger partial charge in [-0.05, 0) is 57.6 Å². The first-order valence-electron chi connectivity index (χ1n) is 9.59. The van der Waals surface area contributed by atoms with Gasteiger partial charge in [0.2, 0.25) is 0 Å². The van der Waals surface area contributed by atoms with Gasteiger partial charge in [0.15, 0.2) is 5.96 Å². The lowest BCUT2D eigenvalue weighted by Gasteiger charge is -2.19. The molecule has 0 unspecified atom stereocenters. The molecule has 146 valence electrons. The van der Waals surface area contributed by atoms with E-state index in [0.717, 1.165) is 49.9 Å². The molecule has 1 heterocycles. The van der Waals surface area contributed by atoms with Crippen LogP contribution in [0.5, 0.6) is 0 Å². The summed E-state index contributed by atoms with van der Waals surface area (Å²) in [6.45, 7) is 7.93. The van der Waals surface area contributed by atoms with Crippen molar-refractivity contribution in [2.24, 2.45) is 4.99 Å². The first-order valence-corrected chi connectivity index (χ1v) is 9.59. The number of aliphatic imine (C=N–C) groups is 1. The highest BCUT2D eigenvalue weighted by atomic mass is 127. The highest BCUT2D eigenvalue weighted by Gasteiger charge is 2.05. The van der Waals surface area contributed by atoms with Crippen molar-refractivity contribution in [3.63, 3.8) is 0 Å².